The molecule has 0 radical (unpaired) electrons. The van der Waals surface area contributed by atoms with Crippen molar-refractivity contribution in [2.24, 2.45) is 5.92 Å². The second-order valence-corrected chi connectivity index (χ2v) is 5.32. The Kier molecular flexibility index (Phi) is 4.02. The summed E-state index contributed by atoms with van der Waals surface area (Å²) in [4.78, 5) is 12.2. The third-order valence-corrected chi connectivity index (χ3v) is 3.54. The van der Waals surface area contributed by atoms with Crippen LogP contribution < -0.4 is 5.32 Å². The van der Waals surface area contributed by atoms with Gasteiger partial charge in [0.25, 0.3) is 5.91 Å². The SMILES string of the molecule is O=C(NCC1CC1)c1ccccc1C#Cc1ccccc1. The quantitative estimate of drug-likeness (QED) is 0.856. The average molecular weight is 275 g/mol. The van der Waals surface area contributed by atoms with Gasteiger partial charge < -0.3 is 5.32 Å². The van der Waals surface area contributed by atoms with Crippen LogP contribution in [0, 0.1) is 17.8 Å². The lowest BCUT2D eigenvalue weighted by molar-refractivity contribution is 0.0951. The van der Waals surface area contributed by atoms with Crippen LogP contribution in [-0.2, 0) is 0 Å². The summed E-state index contributed by atoms with van der Waals surface area (Å²) in [6.07, 6.45) is 2.46. The lowest BCUT2D eigenvalue weighted by Gasteiger charge is -2.05. The molecular weight excluding hydrogens is 258 g/mol. The molecule has 1 N–H and O–H groups in total. The highest BCUT2D eigenvalue weighted by atomic mass is 16.1. The predicted octanol–water partition coefficient (Wildman–Crippen LogP) is 3.23. The van der Waals surface area contributed by atoms with E-state index in [9.17, 15) is 4.79 Å². The van der Waals surface area contributed by atoms with Gasteiger partial charge in [0.2, 0.25) is 0 Å². The van der Waals surface area contributed by atoms with Crippen LogP contribution in [0.1, 0.15) is 34.3 Å². The molecule has 0 spiro atoms. The van der Waals surface area contributed by atoms with Crippen LogP contribution in [0.4, 0.5) is 0 Å². The molecule has 0 bridgehead atoms. The van der Waals surface area contributed by atoms with Crippen LogP contribution >= 0.6 is 0 Å². The summed E-state index contributed by atoms with van der Waals surface area (Å²) < 4.78 is 0. The highest BCUT2D eigenvalue weighted by Gasteiger charge is 2.22. The number of amides is 1. The Bertz CT molecular complexity index is 690. The molecule has 0 aliphatic heterocycles. The molecule has 1 saturated carbocycles. The second-order valence-electron chi connectivity index (χ2n) is 5.32. The van der Waals surface area contributed by atoms with E-state index in [1.165, 1.54) is 12.8 Å². The molecule has 0 unspecified atom stereocenters. The van der Waals surface area contributed by atoms with Crippen molar-refractivity contribution in [2.45, 2.75) is 12.8 Å². The zero-order valence-corrected chi connectivity index (χ0v) is 11.8. The first-order valence-electron chi connectivity index (χ1n) is 7.27. The first-order valence-corrected chi connectivity index (χ1v) is 7.27. The molecule has 1 aliphatic carbocycles. The second kappa shape index (κ2) is 6.28. The number of carbonyl (C=O) groups is 1. The van der Waals surface area contributed by atoms with E-state index in [0.29, 0.717) is 11.5 Å². The first-order chi connectivity index (χ1) is 10.3. The molecule has 2 aromatic carbocycles. The Morgan fingerprint density at radius 1 is 1.00 bits per heavy atom. The van der Waals surface area contributed by atoms with Gasteiger partial charge in [0, 0.05) is 17.7 Å². The minimum Gasteiger partial charge on any atom is -0.352 e. The van der Waals surface area contributed by atoms with Gasteiger partial charge in [-0.15, -0.1) is 0 Å². The number of rotatable bonds is 3. The van der Waals surface area contributed by atoms with E-state index in [1.807, 2.05) is 54.6 Å². The lowest BCUT2D eigenvalue weighted by Crippen LogP contribution is -2.26. The van der Waals surface area contributed by atoms with Gasteiger partial charge in [-0.3, -0.25) is 4.79 Å². The highest BCUT2D eigenvalue weighted by Crippen LogP contribution is 2.27. The molecular formula is C19H17NO. The largest absolute Gasteiger partial charge is 0.352 e. The highest BCUT2D eigenvalue weighted by molar-refractivity contribution is 5.96. The molecule has 21 heavy (non-hydrogen) atoms. The Labute approximate surface area is 125 Å². The first kappa shape index (κ1) is 13.5. The Morgan fingerprint density at radius 3 is 2.48 bits per heavy atom. The summed E-state index contributed by atoms with van der Waals surface area (Å²) in [7, 11) is 0. The molecule has 2 nitrogen and oxygen atoms in total. The molecule has 0 heterocycles. The summed E-state index contributed by atoms with van der Waals surface area (Å²) in [5, 5.41) is 2.99. The zero-order chi connectivity index (χ0) is 14.5. The van der Waals surface area contributed by atoms with Crippen LogP contribution in [0.2, 0.25) is 0 Å². The maximum absolute atomic E-state index is 12.2. The van der Waals surface area contributed by atoms with Gasteiger partial charge in [-0.25, -0.2) is 0 Å². The van der Waals surface area contributed by atoms with E-state index in [-0.39, 0.29) is 5.91 Å². The van der Waals surface area contributed by atoms with E-state index in [0.717, 1.165) is 17.7 Å². The van der Waals surface area contributed by atoms with Crippen LogP contribution in [0.5, 0.6) is 0 Å². The number of nitrogens with one attached hydrogen (secondary N) is 1. The van der Waals surface area contributed by atoms with Gasteiger partial charge in [0.05, 0.1) is 5.56 Å². The summed E-state index contributed by atoms with van der Waals surface area (Å²) in [5.74, 6) is 6.86. The molecule has 0 atom stereocenters. The van der Waals surface area contributed by atoms with Gasteiger partial charge in [-0.1, -0.05) is 42.2 Å². The molecule has 1 amide bonds. The van der Waals surface area contributed by atoms with Crippen molar-refractivity contribution >= 4 is 5.91 Å². The number of benzene rings is 2. The van der Waals surface area contributed by atoms with Gasteiger partial charge in [-0.05, 0) is 43.0 Å². The molecule has 3 rings (SSSR count). The zero-order valence-electron chi connectivity index (χ0n) is 11.8. The van der Waals surface area contributed by atoms with Crippen molar-refractivity contribution in [3.63, 3.8) is 0 Å². The molecule has 0 aromatic heterocycles. The fourth-order valence-electron chi connectivity index (χ4n) is 2.11. The molecule has 2 aromatic rings. The fraction of sp³-hybridized carbons (Fsp3) is 0.211. The van der Waals surface area contributed by atoms with E-state index < -0.39 is 0 Å². The summed E-state index contributed by atoms with van der Waals surface area (Å²) >= 11 is 0. The Morgan fingerprint density at radius 2 is 1.71 bits per heavy atom. The third kappa shape index (κ3) is 3.73. The fourth-order valence-corrected chi connectivity index (χ4v) is 2.11. The van der Waals surface area contributed by atoms with Crippen LogP contribution in [0.25, 0.3) is 0 Å². The van der Waals surface area contributed by atoms with Crippen LogP contribution in [0.3, 0.4) is 0 Å². The standard InChI is InChI=1S/C19H17NO/c21-19(20-14-16-10-11-16)18-9-5-4-8-17(18)13-12-15-6-2-1-3-7-15/h1-9,16H,10-11,14H2,(H,20,21). The lowest BCUT2D eigenvalue weighted by atomic mass is 10.1. The normalized spacial score (nSPS) is 13.1. The summed E-state index contributed by atoms with van der Waals surface area (Å²) in [5.41, 5.74) is 2.38. The van der Waals surface area contributed by atoms with Gasteiger partial charge >= 0.3 is 0 Å². The Balaban J connectivity index is 1.79. The van der Waals surface area contributed by atoms with Gasteiger partial charge in [0.15, 0.2) is 0 Å². The maximum atomic E-state index is 12.2. The van der Waals surface area contributed by atoms with Gasteiger partial charge in [0.1, 0.15) is 0 Å². The van der Waals surface area contributed by atoms with Crippen molar-refractivity contribution in [2.75, 3.05) is 6.54 Å². The third-order valence-electron chi connectivity index (χ3n) is 3.54. The number of hydrogen-bond donors (Lipinski definition) is 1. The van der Waals surface area contributed by atoms with Gasteiger partial charge in [-0.2, -0.15) is 0 Å². The maximum Gasteiger partial charge on any atom is 0.252 e. The van der Waals surface area contributed by atoms with Crippen molar-refractivity contribution < 1.29 is 4.79 Å². The van der Waals surface area contributed by atoms with E-state index >= 15 is 0 Å². The number of carbonyl (C=O) groups excluding carboxylic acids is 1. The number of hydrogen-bond acceptors (Lipinski definition) is 1. The summed E-state index contributed by atoms with van der Waals surface area (Å²) in [6.45, 7) is 0.777. The van der Waals surface area contributed by atoms with Crippen LogP contribution in [0.15, 0.2) is 54.6 Å². The molecule has 104 valence electrons. The molecule has 1 fully saturated rings. The Hall–Kier alpha value is -2.53. The topological polar surface area (TPSA) is 29.1 Å². The van der Waals surface area contributed by atoms with Crippen molar-refractivity contribution in [3.05, 3.63) is 71.3 Å². The average Bonchev–Trinajstić information content (AvgIpc) is 3.36. The van der Waals surface area contributed by atoms with Crippen LogP contribution in [-0.4, -0.2) is 12.5 Å². The van der Waals surface area contributed by atoms with E-state index in [2.05, 4.69) is 17.2 Å². The van der Waals surface area contributed by atoms with Crippen molar-refractivity contribution in [1.29, 1.82) is 0 Å². The smallest absolute Gasteiger partial charge is 0.252 e. The van der Waals surface area contributed by atoms with E-state index in [1.54, 1.807) is 0 Å². The molecule has 1 aliphatic rings. The predicted molar refractivity (Wildman–Crippen MR) is 83.9 cm³/mol. The molecule has 0 saturated heterocycles. The van der Waals surface area contributed by atoms with Crippen molar-refractivity contribution in [1.82, 2.24) is 5.32 Å². The summed E-state index contributed by atoms with van der Waals surface area (Å²) in [6, 6.07) is 17.3. The van der Waals surface area contributed by atoms with E-state index in [4.69, 9.17) is 0 Å². The molecule has 2 heteroatoms. The minimum absolute atomic E-state index is 0.0279. The van der Waals surface area contributed by atoms with Crippen molar-refractivity contribution in [3.8, 4) is 11.8 Å². The minimum atomic E-state index is -0.0279. The monoisotopic (exact) mass is 275 g/mol.